The number of carbonyl (C=O) groups excluding carboxylic acids is 1. The molecule has 4 heteroatoms. The number of alkyl carbamates (subject to hydrolysis) is 1. The Morgan fingerprint density at radius 3 is 2.28 bits per heavy atom. The molecule has 0 radical (unpaired) electrons. The summed E-state index contributed by atoms with van der Waals surface area (Å²) in [6.07, 6.45) is 0.230. The summed E-state index contributed by atoms with van der Waals surface area (Å²) in [5.41, 5.74) is 1.71. The SMILES string of the molecule is CC(C)(C)NC(=O)OCc1ccc(CCO)cc1. The fourth-order valence-corrected chi connectivity index (χ4v) is 1.42. The van der Waals surface area contributed by atoms with Gasteiger partial charge < -0.3 is 15.2 Å². The second-order valence-electron chi connectivity index (χ2n) is 5.24. The van der Waals surface area contributed by atoms with Gasteiger partial charge in [0.25, 0.3) is 0 Å². The fourth-order valence-electron chi connectivity index (χ4n) is 1.42. The van der Waals surface area contributed by atoms with E-state index in [1.807, 2.05) is 45.0 Å². The van der Waals surface area contributed by atoms with E-state index in [0.717, 1.165) is 11.1 Å². The molecule has 0 aromatic heterocycles. The minimum atomic E-state index is -0.415. The molecule has 0 heterocycles. The molecule has 0 bridgehead atoms. The van der Waals surface area contributed by atoms with Gasteiger partial charge in [-0.1, -0.05) is 24.3 Å². The zero-order valence-corrected chi connectivity index (χ0v) is 11.2. The Bertz CT molecular complexity index is 379. The summed E-state index contributed by atoms with van der Waals surface area (Å²) in [7, 11) is 0. The molecular formula is C14H21NO3. The van der Waals surface area contributed by atoms with E-state index in [1.165, 1.54) is 0 Å². The van der Waals surface area contributed by atoms with E-state index in [2.05, 4.69) is 5.32 Å². The van der Waals surface area contributed by atoms with E-state index in [4.69, 9.17) is 9.84 Å². The highest BCUT2D eigenvalue weighted by Crippen LogP contribution is 2.07. The van der Waals surface area contributed by atoms with Crippen LogP contribution in [0.4, 0.5) is 4.79 Å². The van der Waals surface area contributed by atoms with Crippen LogP contribution in [0.2, 0.25) is 0 Å². The summed E-state index contributed by atoms with van der Waals surface area (Å²) in [5, 5.41) is 11.5. The van der Waals surface area contributed by atoms with Gasteiger partial charge in [0.15, 0.2) is 0 Å². The van der Waals surface area contributed by atoms with Crippen molar-refractivity contribution in [2.24, 2.45) is 0 Å². The van der Waals surface area contributed by atoms with Gasteiger partial charge in [0.2, 0.25) is 0 Å². The van der Waals surface area contributed by atoms with Crippen molar-refractivity contribution in [3.63, 3.8) is 0 Å². The first kappa shape index (κ1) is 14.5. The predicted octanol–water partition coefficient (Wildman–Crippen LogP) is 2.25. The summed E-state index contributed by atoms with van der Waals surface area (Å²) in [4.78, 5) is 11.4. The molecule has 100 valence electrons. The molecular weight excluding hydrogens is 230 g/mol. The molecule has 18 heavy (non-hydrogen) atoms. The van der Waals surface area contributed by atoms with Gasteiger partial charge in [0.1, 0.15) is 6.61 Å². The van der Waals surface area contributed by atoms with Gasteiger partial charge in [0, 0.05) is 12.1 Å². The minimum absolute atomic E-state index is 0.143. The van der Waals surface area contributed by atoms with Crippen molar-refractivity contribution in [2.75, 3.05) is 6.61 Å². The number of nitrogens with one attached hydrogen (secondary N) is 1. The van der Waals surface area contributed by atoms with Gasteiger partial charge in [-0.15, -0.1) is 0 Å². The third kappa shape index (κ3) is 5.68. The molecule has 1 aromatic carbocycles. The van der Waals surface area contributed by atoms with E-state index in [9.17, 15) is 4.79 Å². The Labute approximate surface area is 108 Å². The van der Waals surface area contributed by atoms with Crippen molar-refractivity contribution < 1.29 is 14.6 Å². The lowest BCUT2D eigenvalue weighted by Gasteiger charge is -2.19. The number of hydrogen-bond donors (Lipinski definition) is 2. The number of amides is 1. The van der Waals surface area contributed by atoms with E-state index in [1.54, 1.807) is 0 Å². The number of hydrogen-bond acceptors (Lipinski definition) is 3. The Morgan fingerprint density at radius 2 is 1.78 bits per heavy atom. The lowest BCUT2D eigenvalue weighted by Crippen LogP contribution is -2.40. The van der Waals surface area contributed by atoms with Crippen LogP contribution in [0.25, 0.3) is 0 Å². The molecule has 2 N–H and O–H groups in total. The van der Waals surface area contributed by atoms with Crippen LogP contribution in [0.3, 0.4) is 0 Å². The van der Waals surface area contributed by atoms with Gasteiger partial charge in [-0.25, -0.2) is 4.79 Å². The summed E-state index contributed by atoms with van der Waals surface area (Å²) in [6, 6.07) is 7.65. The first-order chi connectivity index (χ1) is 8.40. The van der Waals surface area contributed by atoms with Crippen LogP contribution in [0.15, 0.2) is 24.3 Å². The maximum atomic E-state index is 11.4. The van der Waals surface area contributed by atoms with E-state index < -0.39 is 6.09 Å². The van der Waals surface area contributed by atoms with Gasteiger partial charge >= 0.3 is 6.09 Å². The summed E-state index contributed by atoms with van der Waals surface area (Å²) >= 11 is 0. The van der Waals surface area contributed by atoms with Crippen molar-refractivity contribution in [2.45, 2.75) is 39.3 Å². The number of ether oxygens (including phenoxy) is 1. The molecule has 0 aliphatic rings. The molecule has 4 nitrogen and oxygen atoms in total. The second-order valence-corrected chi connectivity index (χ2v) is 5.24. The highest BCUT2D eigenvalue weighted by Gasteiger charge is 2.14. The number of rotatable bonds is 4. The van der Waals surface area contributed by atoms with Gasteiger partial charge in [-0.05, 0) is 38.3 Å². The Balaban J connectivity index is 2.41. The topological polar surface area (TPSA) is 58.6 Å². The molecule has 0 unspecified atom stereocenters. The van der Waals surface area contributed by atoms with Gasteiger partial charge in [0.05, 0.1) is 0 Å². The van der Waals surface area contributed by atoms with Gasteiger partial charge in [-0.3, -0.25) is 0 Å². The third-order valence-corrected chi connectivity index (χ3v) is 2.27. The molecule has 1 amide bonds. The lowest BCUT2D eigenvalue weighted by molar-refractivity contribution is 0.131. The highest BCUT2D eigenvalue weighted by atomic mass is 16.5. The normalized spacial score (nSPS) is 11.1. The van der Waals surface area contributed by atoms with Crippen LogP contribution in [0.5, 0.6) is 0 Å². The van der Waals surface area contributed by atoms with Crippen LogP contribution < -0.4 is 5.32 Å². The molecule has 0 aliphatic heterocycles. The molecule has 0 saturated heterocycles. The zero-order valence-electron chi connectivity index (χ0n) is 11.2. The van der Waals surface area contributed by atoms with Crippen LogP contribution >= 0.6 is 0 Å². The van der Waals surface area contributed by atoms with Crippen molar-refractivity contribution in [3.8, 4) is 0 Å². The molecule has 0 spiro atoms. The number of aliphatic hydroxyl groups excluding tert-OH is 1. The summed E-state index contributed by atoms with van der Waals surface area (Å²) in [5.74, 6) is 0. The summed E-state index contributed by atoms with van der Waals surface area (Å²) < 4.78 is 5.10. The Kier molecular flexibility index (Phi) is 5.16. The van der Waals surface area contributed by atoms with E-state index in [-0.39, 0.29) is 18.8 Å². The van der Waals surface area contributed by atoms with E-state index in [0.29, 0.717) is 6.42 Å². The molecule has 1 rings (SSSR count). The molecule has 1 aromatic rings. The fraction of sp³-hybridized carbons (Fsp3) is 0.500. The predicted molar refractivity (Wildman–Crippen MR) is 70.3 cm³/mol. The first-order valence-electron chi connectivity index (χ1n) is 6.04. The molecule has 0 aliphatic carbocycles. The molecule has 0 saturated carbocycles. The molecule has 0 fully saturated rings. The van der Waals surface area contributed by atoms with Crippen molar-refractivity contribution in [1.82, 2.24) is 5.32 Å². The lowest BCUT2D eigenvalue weighted by atomic mass is 10.1. The van der Waals surface area contributed by atoms with Gasteiger partial charge in [-0.2, -0.15) is 0 Å². The van der Waals surface area contributed by atoms with Crippen molar-refractivity contribution in [3.05, 3.63) is 35.4 Å². The maximum absolute atomic E-state index is 11.4. The number of carbonyl (C=O) groups is 1. The average molecular weight is 251 g/mol. The first-order valence-corrected chi connectivity index (χ1v) is 6.04. The van der Waals surface area contributed by atoms with Crippen molar-refractivity contribution in [1.29, 1.82) is 0 Å². The second kappa shape index (κ2) is 6.40. The number of benzene rings is 1. The largest absolute Gasteiger partial charge is 0.445 e. The van der Waals surface area contributed by atoms with Crippen LogP contribution in [0.1, 0.15) is 31.9 Å². The molecule has 0 atom stereocenters. The standard InChI is InChI=1S/C14H21NO3/c1-14(2,3)15-13(17)18-10-12-6-4-11(5-7-12)8-9-16/h4-7,16H,8-10H2,1-3H3,(H,15,17). The third-order valence-electron chi connectivity index (χ3n) is 2.27. The zero-order chi connectivity index (χ0) is 13.6. The highest BCUT2D eigenvalue weighted by molar-refractivity contribution is 5.68. The monoisotopic (exact) mass is 251 g/mol. The summed E-state index contributed by atoms with van der Waals surface area (Å²) in [6.45, 7) is 6.10. The van der Waals surface area contributed by atoms with Crippen molar-refractivity contribution >= 4 is 6.09 Å². The smallest absolute Gasteiger partial charge is 0.407 e. The average Bonchev–Trinajstić information content (AvgIpc) is 2.26. The Hall–Kier alpha value is -1.55. The van der Waals surface area contributed by atoms with Crippen LogP contribution in [0, 0.1) is 0 Å². The van der Waals surface area contributed by atoms with Crippen LogP contribution in [-0.2, 0) is 17.8 Å². The number of aliphatic hydroxyl groups is 1. The quantitative estimate of drug-likeness (QED) is 0.863. The van der Waals surface area contributed by atoms with Crippen LogP contribution in [-0.4, -0.2) is 23.3 Å². The van der Waals surface area contributed by atoms with E-state index >= 15 is 0 Å². The Morgan fingerprint density at radius 1 is 1.22 bits per heavy atom. The maximum Gasteiger partial charge on any atom is 0.407 e. The minimum Gasteiger partial charge on any atom is -0.445 e.